The average Bonchev–Trinajstić information content (AvgIpc) is 2.29. The molecule has 0 aliphatic rings. The minimum atomic E-state index is 0.0875. The van der Waals surface area contributed by atoms with Gasteiger partial charge in [0.05, 0.1) is 6.04 Å². The van der Waals surface area contributed by atoms with Crippen LogP contribution in [0.25, 0.3) is 0 Å². The smallest absolute Gasteiger partial charge is 0.0517 e. The Balaban J connectivity index is 3.14. The molecule has 0 saturated heterocycles. The maximum absolute atomic E-state index is 4.30. The molecule has 0 radical (unpaired) electrons. The Morgan fingerprint density at radius 1 is 1.41 bits per heavy atom. The zero-order valence-electron chi connectivity index (χ0n) is 11.9. The summed E-state index contributed by atoms with van der Waals surface area (Å²) in [5.41, 5.74) is 2.55. The van der Waals surface area contributed by atoms with E-state index < -0.39 is 0 Å². The van der Waals surface area contributed by atoms with Crippen LogP contribution in [0, 0.1) is 6.92 Å². The van der Waals surface area contributed by atoms with Crippen LogP contribution < -0.4 is 5.32 Å². The SMILES string of the molecule is CCC(C)(C(NC)c1cncc(C)c1)N(C)C. The van der Waals surface area contributed by atoms with E-state index in [2.05, 4.69) is 56.1 Å². The first-order valence-corrected chi connectivity index (χ1v) is 6.22. The van der Waals surface area contributed by atoms with Crippen LogP contribution >= 0.6 is 0 Å². The zero-order valence-corrected chi connectivity index (χ0v) is 11.9. The molecule has 1 N–H and O–H groups in total. The molecule has 0 aromatic carbocycles. The van der Waals surface area contributed by atoms with Crippen LogP contribution in [0.2, 0.25) is 0 Å². The van der Waals surface area contributed by atoms with E-state index in [4.69, 9.17) is 0 Å². The number of nitrogens with one attached hydrogen (secondary N) is 1. The molecule has 17 heavy (non-hydrogen) atoms. The molecule has 3 heteroatoms. The van der Waals surface area contributed by atoms with Gasteiger partial charge in [0.2, 0.25) is 0 Å². The highest BCUT2D eigenvalue weighted by molar-refractivity contribution is 5.23. The van der Waals surface area contributed by atoms with Gasteiger partial charge >= 0.3 is 0 Å². The van der Waals surface area contributed by atoms with E-state index in [1.165, 1.54) is 11.1 Å². The van der Waals surface area contributed by atoms with Crippen molar-refractivity contribution in [1.82, 2.24) is 15.2 Å². The van der Waals surface area contributed by atoms with Crippen molar-refractivity contribution in [2.24, 2.45) is 0 Å². The second-order valence-electron chi connectivity index (χ2n) is 5.12. The van der Waals surface area contributed by atoms with Crippen LogP contribution in [-0.2, 0) is 0 Å². The van der Waals surface area contributed by atoms with Gasteiger partial charge in [-0.1, -0.05) is 13.0 Å². The minimum absolute atomic E-state index is 0.0875. The molecule has 1 heterocycles. The standard InChI is InChI=1S/C14H25N3/c1-7-14(3,17(5)6)13(15-4)12-8-11(2)9-16-10-12/h8-10,13,15H,7H2,1-6H3. The van der Waals surface area contributed by atoms with Crippen molar-refractivity contribution in [3.05, 3.63) is 29.6 Å². The third-order valence-electron chi connectivity index (χ3n) is 3.88. The second-order valence-corrected chi connectivity index (χ2v) is 5.12. The topological polar surface area (TPSA) is 28.2 Å². The highest BCUT2D eigenvalue weighted by Crippen LogP contribution is 2.32. The molecule has 3 nitrogen and oxygen atoms in total. The number of aromatic nitrogens is 1. The number of likely N-dealkylation sites (N-methyl/N-ethyl adjacent to an activating group) is 2. The Kier molecular flexibility index (Phi) is 4.66. The maximum Gasteiger partial charge on any atom is 0.0517 e. The number of aryl methyl sites for hydroxylation is 1. The number of rotatable bonds is 5. The summed E-state index contributed by atoms with van der Waals surface area (Å²) in [6, 6.07) is 2.50. The van der Waals surface area contributed by atoms with Crippen molar-refractivity contribution >= 4 is 0 Å². The molecule has 0 spiro atoms. The van der Waals surface area contributed by atoms with Crippen molar-refractivity contribution < 1.29 is 0 Å². The monoisotopic (exact) mass is 235 g/mol. The van der Waals surface area contributed by atoms with Crippen LogP contribution in [0.15, 0.2) is 18.5 Å². The van der Waals surface area contributed by atoms with Crippen LogP contribution in [-0.4, -0.2) is 36.6 Å². The molecule has 2 unspecified atom stereocenters. The summed E-state index contributed by atoms with van der Waals surface area (Å²) < 4.78 is 0. The van der Waals surface area contributed by atoms with E-state index in [0.717, 1.165) is 6.42 Å². The van der Waals surface area contributed by atoms with Gasteiger partial charge in [0.25, 0.3) is 0 Å². The molecule has 96 valence electrons. The quantitative estimate of drug-likeness (QED) is 0.849. The third-order valence-corrected chi connectivity index (χ3v) is 3.88. The fourth-order valence-electron chi connectivity index (χ4n) is 2.35. The molecule has 0 bridgehead atoms. The lowest BCUT2D eigenvalue weighted by atomic mass is 9.84. The van der Waals surface area contributed by atoms with Crippen LogP contribution in [0.5, 0.6) is 0 Å². The van der Waals surface area contributed by atoms with Crippen molar-refractivity contribution in [3.8, 4) is 0 Å². The van der Waals surface area contributed by atoms with Gasteiger partial charge < -0.3 is 10.2 Å². The van der Waals surface area contributed by atoms with Gasteiger partial charge in [0.1, 0.15) is 0 Å². The van der Waals surface area contributed by atoms with E-state index in [0.29, 0.717) is 0 Å². The molecule has 1 aromatic rings. The van der Waals surface area contributed by atoms with Crippen molar-refractivity contribution in [2.45, 2.75) is 38.8 Å². The fourth-order valence-corrected chi connectivity index (χ4v) is 2.35. The largest absolute Gasteiger partial charge is 0.311 e. The Morgan fingerprint density at radius 2 is 2.06 bits per heavy atom. The van der Waals surface area contributed by atoms with E-state index in [1.807, 2.05) is 19.4 Å². The minimum Gasteiger partial charge on any atom is -0.311 e. The molecule has 0 saturated carbocycles. The molecule has 0 aliphatic carbocycles. The summed E-state index contributed by atoms with van der Waals surface area (Å²) in [6.07, 6.45) is 4.94. The third kappa shape index (κ3) is 2.85. The summed E-state index contributed by atoms with van der Waals surface area (Å²) in [5, 5.41) is 3.44. The Hall–Kier alpha value is -0.930. The van der Waals surface area contributed by atoms with Gasteiger partial charge in [-0.3, -0.25) is 4.98 Å². The summed E-state index contributed by atoms with van der Waals surface area (Å²) in [4.78, 5) is 6.59. The summed E-state index contributed by atoms with van der Waals surface area (Å²) in [7, 11) is 6.29. The van der Waals surface area contributed by atoms with Gasteiger partial charge in [0, 0.05) is 17.9 Å². The highest BCUT2D eigenvalue weighted by atomic mass is 15.2. The summed E-state index contributed by atoms with van der Waals surface area (Å²) in [6.45, 7) is 6.60. The van der Waals surface area contributed by atoms with E-state index in [9.17, 15) is 0 Å². The van der Waals surface area contributed by atoms with Crippen molar-refractivity contribution in [3.63, 3.8) is 0 Å². The first kappa shape index (κ1) is 14.1. The maximum atomic E-state index is 4.30. The summed E-state index contributed by atoms with van der Waals surface area (Å²) >= 11 is 0. The lowest BCUT2D eigenvalue weighted by Gasteiger charge is -2.42. The van der Waals surface area contributed by atoms with Gasteiger partial charge in [0.15, 0.2) is 0 Å². The second kappa shape index (κ2) is 5.61. The predicted molar refractivity (Wildman–Crippen MR) is 73.2 cm³/mol. The van der Waals surface area contributed by atoms with Gasteiger partial charge in [-0.05, 0) is 52.5 Å². The van der Waals surface area contributed by atoms with E-state index >= 15 is 0 Å². The van der Waals surface area contributed by atoms with Crippen LogP contribution in [0.4, 0.5) is 0 Å². The van der Waals surface area contributed by atoms with Crippen LogP contribution in [0.3, 0.4) is 0 Å². The Labute approximate surface area is 105 Å². The fraction of sp³-hybridized carbons (Fsp3) is 0.643. The lowest BCUT2D eigenvalue weighted by Crippen LogP contribution is -2.50. The molecular weight excluding hydrogens is 210 g/mol. The molecule has 1 rings (SSSR count). The highest BCUT2D eigenvalue weighted by Gasteiger charge is 2.34. The van der Waals surface area contributed by atoms with Crippen LogP contribution in [0.1, 0.15) is 37.4 Å². The number of pyridine rings is 1. The number of hydrogen-bond acceptors (Lipinski definition) is 3. The van der Waals surface area contributed by atoms with Gasteiger partial charge in [-0.2, -0.15) is 0 Å². The normalized spacial score (nSPS) is 16.9. The lowest BCUT2D eigenvalue weighted by molar-refractivity contribution is 0.117. The molecule has 0 fully saturated rings. The zero-order chi connectivity index (χ0) is 13.1. The molecule has 0 amide bonds. The molecule has 1 aromatic heterocycles. The molecule has 0 aliphatic heterocycles. The molecule has 2 atom stereocenters. The van der Waals surface area contributed by atoms with Gasteiger partial charge in [-0.25, -0.2) is 0 Å². The first-order chi connectivity index (χ1) is 7.95. The Morgan fingerprint density at radius 3 is 2.47 bits per heavy atom. The molecular formula is C14H25N3. The first-order valence-electron chi connectivity index (χ1n) is 6.22. The summed E-state index contributed by atoms with van der Waals surface area (Å²) in [5.74, 6) is 0. The number of nitrogens with zero attached hydrogens (tertiary/aromatic N) is 2. The Bertz CT molecular complexity index is 362. The van der Waals surface area contributed by atoms with E-state index in [-0.39, 0.29) is 11.6 Å². The van der Waals surface area contributed by atoms with Crippen molar-refractivity contribution in [1.29, 1.82) is 0 Å². The average molecular weight is 235 g/mol. The predicted octanol–water partition coefficient (Wildman–Crippen LogP) is 2.38. The van der Waals surface area contributed by atoms with Crippen molar-refractivity contribution in [2.75, 3.05) is 21.1 Å². The number of hydrogen-bond donors (Lipinski definition) is 1. The van der Waals surface area contributed by atoms with E-state index in [1.54, 1.807) is 0 Å². The van der Waals surface area contributed by atoms with Gasteiger partial charge in [-0.15, -0.1) is 0 Å².